The molecule has 3 nitrogen and oxygen atoms in total. The van der Waals surface area contributed by atoms with E-state index in [1.165, 1.54) is 6.20 Å². The van der Waals surface area contributed by atoms with E-state index >= 15 is 0 Å². The van der Waals surface area contributed by atoms with Gasteiger partial charge in [0.05, 0.1) is 5.56 Å². The zero-order chi connectivity index (χ0) is 12.0. The number of carbonyl (C=O) groups excluding carboxylic acids is 1. The van der Waals surface area contributed by atoms with Gasteiger partial charge in [-0.2, -0.15) is 0 Å². The number of H-pyrrole nitrogens is 1. The highest BCUT2D eigenvalue weighted by Crippen LogP contribution is 2.32. The summed E-state index contributed by atoms with van der Waals surface area (Å²) in [5.41, 5.74) is 0.729. The number of nitrogens with one attached hydrogen (secondary N) is 1. The lowest BCUT2D eigenvalue weighted by molar-refractivity contribution is 0.0966. The predicted molar refractivity (Wildman–Crippen MR) is 66.6 cm³/mol. The van der Waals surface area contributed by atoms with E-state index in [1.54, 1.807) is 18.2 Å². The summed E-state index contributed by atoms with van der Waals surface area (Å²) in [5.74, 6) is 0.000796. The second-order valence-electron chi connectivity index (χ2n) is 4.36. The lowest BCUT2D eigenvalue weighted by Gasteiger charge is -2.02. The molecule has 0 radical (unpaired) electrons. The molecule has 1 N–H and O–H groups in total. The van der Waals surface area contributed by atoms with Gasteiger partial charge in [0, 0.05) is 28.0 Å². The van der Waals surface area contributed by atoms with E-state index in [9.17, 15) is 9.59 Å². The summed E-state index contributed by atoms with van der Waals surface area (Å²) in [7, 11) is 0. The Morgan fingerprint density at radius 3 is 2.82 bits per heavy atom. The minimum absolute atomic E-state index is 0.0480. The van der Waals surface area contributed by atoms with E-state index in [2.05, 4.69) is 4.98 Å². The van der Waals surface area contributed by atoms with Crippen molar-refractivity contribution in [2.75, 3.05) is 0 Å². The number of rotatable bonds is 2. The van der Waals surface area contributed by atoms with Gasteiger partial charge in [-0.25, -0.2) is 0 Å². The third-order valence-electron chi connectivity index (χ3n) is 3.06. The van der Waals surface area contributed by atoms with Gasteiger partial charge in [-0.05, 0) is 31.0 Å². The molecular weight excluding hydrogens is 238 g/mol. The summed E-state index contributed by atoms with van der Waals surface area (Å²) in [6.45, 7) is 0. The molecule has 1 saturated carbocycles. The van der Waals surface area contributed by atoms with Gasteiger partial charge in [-0.1, -0.05) is 11.6 Å². The molecule has 0 spiro atoms. The number of hydrogen-bond acceptors (Lipinski definition) is 2. The fraction of sp³-hybridized carbons (Fsp3) is 0.231. The Hall–Kier alpha value is -1.61. The van der Waals surface area contributed by atoms with Gasteiger partial charge < -0.3 is 4.98 Å². The van der Waals surface area contributed by atoms with Gasteiger partial charge in [-0.3, -0.25) is 9.59 Å². The van der Waals surface area contributed by atoms with E-state index < -0.39 is 0 Å². The Balaban J connectivity index is 2.24. The molecule has 1 aliphatic rings. The molecule has 0 saturated heterocycles. The molecule has 1 heterocycles. The van der Waals surface area contributed by atoms with Gasteiger partial charge in [-0.15, -0.1) is 0 Å². The molecule has 17 heavy (non-hydrogen) atoms. The molecular formula is C13H10ClNO2. The average molecular weight is 248 g/mol. The van der Waals surface area contributed by atoms with Crippen LogP contribution in [0.1, 0.15) is 23.2 Å². The van der Waals surface area contributed by atoms with Crippen LogP contribution in [0.4, 0.5) is 0 Å². The summed E-state index contributed by atoms with van der Waals surface area (Å²) in [4.78, 5) is 27.0. The SMILES string of the molecule is O=C(c1c[nH]c2ccc(Cl)cc2c1=O)C1CC1. The Morgan fingerprint density at radius 1 is 1.35 bits per heavy atom. The fourth-order valence-corrected chi connectivity index (χ4v) is 2.11. The molecule has 0 atom stereocenters. The van der Waals surface area contributed by atoms with Crippen LogP contribution in [0.2, 0.25) is 5.02 Å². The number of pyridine rings is 1. The zero-order valence-electron chi connectivity index (χ0n) is 9.00. The third kappa shape index (κ3) is 1.76. The molecule has 4 heteroatoms. The topological polar surface area (TPSA) is 49.9 Å². The summed E-state index contributed by atoms with van der Waals surface area (Å²) in [5, 5.41) is 0.975. The van der Waals surface area contributed by atoms with Gasteiger partial charge in [0.1, 0.15) is 0 Å². The monoisotopic (exact) mass is 247 g/mol. The van der Waals surface area contributed by atoms with E-state index in [0.29, 0.717) is 15.9 Å². The van der Waals surface area contributed by atoms with Crippen molar-refractivity contribution in [2.24, 2.45) is 5.92 Å². The molecule has 1 aromatic carbocycles. The highest BCUT2D eigenvalue weighted by molar-refractivity contribution is 6.31. The largest absolute Gasteiger partial charge is 0.360 e. The first-order chi connectivity index (χ1) is 8.16. The molecule has 0 aliphatic heterocycles. The first kappa shape index (κ1) is 10.5. The number of ketones is 1. The number of aromatic amines is 1. The smallest absolute Gasteiger partial charge is 0.200 e. The van der Waals surface area contributed by atoms with Crippen molar-refractivity contribution in [3.63, 3.8) is 0 Å². The van der Waals surface area contributed by atoms with Crippen LogP contribution in [0.5, 0.6) is 0 Å². The molecule has 1 fully saturated rings. The van der Waals surface area contributed by atoms with Crippen LogP contribution in [-0.2, 0) is 0 Å². The second kappa shape index (κ2) is 3.70. The highest BCUT2D eigenvalue weighted by atomic mass is 35.5. The Kier molecular flexibility index (Phi) is 2.30. The van der Waals surface area contributed by atoms with Crippen molar-refractivity contribution in [2.45, 2.75) is 12.8 Å². The van der Waals surface area contributed by atoms with Crippen molar-refractivity contribution in [1.29, 1.82) is 0 Å². The predicted octanol–water partition coefficient (Wildman–Crippen LogP) is 2.77. The molecule has 0 amide bonds. The van der Waals surface area contributed by atoms with Crippen LogP contribution in [0.15, 0.2) is 29.2 Å². The summed E-state index contributed by atoms with van der Waals surface area (Å²) in [6, 6.07) is 5.05. The van der Waals surface area contributed by atoms with Gasteiger partial charge in [0.25, 0.3) is 0 Å². The summed E-state index contributed by atoms with van der Waals surface area (Å²) >= 11 is 5.86. The molecule has 1 aromatic heterocycles. The van der Waals surface area contributed by atoms with Crippen molar-refractivity contribution < 1.29 is 4.79 Å². The maximum atomic E-state index is 12.2. The lowest BCUT2D eigenvalue weighted by Crippen LogP contribution is -2.17. The molecule has 86 valence electrons. The third-order valence-corrected chi connectivity index (χ3v) is 3.29. The fourth-order valence-electron chi connectivity index (χ4n) is 1.94. The minimum atomic E-state index is -0.224. The van der Waals surface area contributed by atoms with Crippen molar-refractivity contribution in [1.82, 2.24) is 4.98 Å². The molecule has 0 bridgehead atoms. The Bertz CT molecular complexity index is 671. The van der Waals surface area contributed by atoms with Gasteiger partial charge in [0.2, 0.25) is 0 Å². The first-order valence-corrected chi connectivity index (χ1v) is 5.90. The number of halogens is 1. The standard InChI is InChI=1S/C13H10ClNO2/c14-8-3-4-11-9(5-8)13(17)10(6-15-11)12(16)7-1-2-7/h3-7H,1-2H2,(H,15,17). The summed E-state index contributed by atoms with van der Waals surface area (Å²) < 4.78 is 0. The van der Waals surface area contributed by atoms with Crippen LogP contribution in [0.25, 0.3) is 10.9 Å². The number of hydrogen-bond donors (Lipinski definition) is 1. The van der Waals surface area contributed by atoms with Gasteiger partial charge >= 0.3 is 0 Å². The zero-order valence-corrected chi connectivity index (χ0v) is 9.75. The van der Waals surface area contributed by atoms with Crippen LogP contribution in [0.3, 0.4) is 0 Å². The number of aromatic nitrogens is 1. The highest BCUT2D eigenvalue weighted by Gasteiger charge is 2.32. The van der Waals surface area contributed by atoms with Crippen LogP contribution < -0.4 is 5.43 Å². The normalized spacial score (nSPS) is 15.1. The van der Waals surface area contributed by atoms with Crippen molar-refractivity contribution in [3.05, 3.63) is 45.2 Å². The van der Waals surface area contributed by atoms with Crippen LogP contribution >= 0.6 is 11.6 Å². The second-order valence-corrected chi connectivity index (χ2v) is 4.80. The number of benzene rings is 1. The molecule has 3 rings (SSSR count). The van der Waals surface area contributed by atoms with Crippen LogP contribution in [-0.4, -0.2) is 10.8 Å². The maximum absolute atomic E-state index is 12.2. The van der Waals surface area contributed by atoms with E-state index in [-0.39, 0.29) is 22.7 Å². The molecule has 2 aromatic rings. The number of fused-ring (bicyclic) bond motifs is 1. The quantitative estimate of drug-likeness (QED) is 0.830. The van der Waals surface area contributed by atoms with Gasteiger partial charge in [0.15, 0.2) is 11.2 Å². The Labute approximate surface area is 102 Å². The average Bonchev–Trinajstić information content (AvgIpc) is 3.13. The Morgan fingerprint density at radius 2 is 2.12 bits per heavy atom. The lowest BCUT2D eigenvalue weighted by atomic mass is 10.1. The van der Waals surface area contributed by atoms with E-state index in [0.717, 1.165) is 12.8 Å². The molecule has 1 aliphatic carbocycles. The van der Waals surface area contributed by atoms with Crippen molar-refractivity contribution in [3.8, 4) is 0 Å². The number of carbonyl (C=O) groups is 1. The first-order valence-electron chi connectivity index (χ1n) is 5.52. The van der Waals surface area contributed by atoms with E-state index in [4.69, 9.17) is 11.6 Å². The van der Waals surface area contributed by atoms with Crippen LogP contribution in [0, 0.1) is 5.92 Å². The van der Waals surface area contributed by atoms with Crippen molar-refractivity contribution >= 4 is 28.3 Å². The van der Waals surface area contributed by atoms with E-state index in [1.807, 2.05) is 0 Å². The maximum Gasteiger partial charge on any atom is 0.200 e. The molecule has 0 unspecified atom stereocenters. The minimum Gasteiger partial charge on any atom is -0.360 e. The summed E-state index contributed by atoms with van der Waals surface area (Å²) in [6.07, 6.45) is 3.30. The number of Topliss-reactive ketones (excluding diaryl/α,β-unsaturated/α-hetero) is 1.